The van der Waals surface area contributed by atoms with Crippen LogP contribution in [0.5, 0.6) is 5.75 Å². The number of rotatable bonds is 7. The summed E-state index contributed by atoms with van der Waals surface area (Å²) in [6.07, 6.45) is 2.36. The summed E-state index contributed by atoms with van der Waals surface area (Å²) in [6.45, 7) is 2.22. The third-order valence-electron chi connectivity index (χ3n) is 7.27. The zero-order valence-corrected chi connectivity index (χ0v) is 19.1. The van der Waals surface area contributed by atoms with Gasteiger partial charge in [0.15, 0.2) is 5.78 Å². The molecule has 1 aliphatic carbocycles. The molecule has 3 aromatic carbocycles. The van der Waals surface area contributed by atoms with Crippen molar-refractivity contribution in [2.24, 2.45) is 11.8 Å². The molecule has 1 saturated carbocycles. The molecule has 0 amide bonds. The summed E-state index contributed by atoms with van der Waals surface area (Å²) in [7, 11) is 1.66. The van der Waals surface area contributed by atoms with Gasteiger partial charge in [-0.05, 0) is 59.6 Å². The zero-order chi connectivity index (χ0) is 22.8. The van der Waals surface area contributed by atoms with Crippen LogP contribution in [0.1, 0.15) is 28.8 Å². The predicted molar refractivity (Wildman–Crippen MR) is 131 cm³/mol. The second kappa shape index (κ2) is 9.12. The highest BCUT2D eigenvalue weighted by molar-refractivity contribution is 5.98. The van der Waals surface area contributed by atoms with Gasteiger partial charge < -0.3 is 9.84 Å². The van der Waals surface area contributed by atoms with Crippen LogP contribution < -0.4 is 4.74 Å². The summed E-state index contributed by atoms with van der Waals surface area (Å²) in [4.78, 5) is 15.4. The van der Waals surface area contributed by atoms with Crippen molar-refractivity contribution >= 4 is 5.78 Å². The Hall–Kier alpha value is -2.95. The maximum Gasteiger partial charge on any atom is 0.176 e. The number of benzene rings is 3. The molecule has 1 N–H and O–H groups in total. The molecule has 1 heterocycles. The number of methoxy groups -OCH3 is 1. The second-order valence-corrected chi connectivity index (χ2v) is 9.75. The van der Waals surface area contributed by atoms with Crippen LogP contribution in [-0.2, 0) is 6.42 Å². The molecule has 0 unspecified atom stereocenters. The van der Waals surface area contributed by atoms with E-state index >= 15 is 0 Å². The monoisotopic (exact) mass is 441 g/mol. The van der Waals surface area contributed by atoms with E-state index in [2.05, 4.69) is 17.0 Å². The average Bonchev–Trinajstić information content (AvgIpc) is 3.33. The molecular formula is C29H31NO3. The van der Waals surface area contributed by atoms with Gasteiger partial charge in [-0.1, -0.05) is 60.7 Å². The SMILES string of the molecule is COc1cccc(-c2cccc(C(=O)CN3C[C@@H]4C[C@@](O)(Cc5ccccc5)C[C@@H]4C3)c2)c1. The van der Waals surface area contributed by atoms with E-state index in [0.29, 0.717) is 18.4 Å². The Balaban J connectivity index is 1.20. The minimum absolute atomic E-state index is 0.152. The van der Waals surface area contributed by atoms with E-state index in [9.17, 15) is 9.90 Å². The molecule has 3 atom stereocenters. The number of carbonyl (C=O) groups excluding carboxylic acids is 1. The van der Waals surface area contributed by atoms with Gasteiger partial charge in [0.2, 0.25) is 0 Å². The fourth-order valence-electron chi connectivity index (χ4n) is 5.78. The van der Waals surface area contributed by atoms with Gasteiger partial charge in [-0.2, -0.15) is 0 Å². The van der Waals surface area contributed by atoms with Crippen LogP contribution in [0.25, 0.3) is 11.1 Å². The molecule has 0 aromatic heterocycles. The van der Waals surface area contributed by atoms with Crippen LogP contribution in [0.15, 0.2) is 78.9 Å². The maximum absolute atomic E-state index is 13.1. The molecule has 170 valence electrons. The van der Waals surface area contributed by atoms with Gasteiger partial charge in [0, 0.05) is 25.1 Å². The van der Waals surface area contributed by atoms with Crippen LogP contribution in [0.3, 0.4) is 0 Å². The third-order valence-corrected chi connectivity index (χ3v) is 7.27. The first-order chi connectivity index (χ1) is 16.0. The normalized spacial score (nSPS) is 24.5. The molecule has 4 nitrogen and oxygen atoms in total. The largest absolute Gasteiger partial charge is 0.497 e. The fraction of sp³-hybridized carbons (Fsp3) is 0.345. The van der Waals surface area contributed by atoms with Crippen LogP contribution >= 0.6 is 0 Å². The van der Waals surface area contributed by atoms with E-state index in [1.54, 1.807) is 7.11 Å². The van der Waals surface area contributed by atoms with Crippen molar-refractivity contribution in [1.29, 1.82) is 0 Å². The number of aliphatic hydroxyl groups is 1. The number of carbonyl (C=O) groups is 1. The minimum atomic E-state index is -0.613. The highest BCUT2D eigenvalue weighted by Gasteiger charge is 2.48. The van der Waals surface area contributed by atoms with Crippen molar-refractivity contribution in [3.63, 3.8) is 0 Å². The number of fused-ring (bicyclic) bond motifs is 1. The number of ether oxygens (including phenoxy) is 1. The van der Waals surface area contributed by atoms with Gasteiger partial charge in [0.25, 0.3) is 0 Å². The van der Waals surface area contributed by atoms with Crippen molar-refractivity contribution in [1.82, 2.24) is 4.90 Å². The lowest BCUT2D eigenvalue weighted by Crippen LogP contribution is -2.34. The van der Waals surface area contributed by atoms with Crippen LogP contribution in [0.2, 0.25) is 0 Å². The van der Waals surface area contributed by atoms with E-state index < -0.39 is 5.60 Å². The van der Waals surface area contributed by atoms with Crippen molar-refractivity contribution in [3.8, 4) is 16.9 Å². The summed E-state index contributed by atoms with van der Waals surface area (Å²) >= 11 is 0. The lowest BCUT2D eigenvalue weighted by atomic mass is 9.91. The van der Waals surface area contributed by atoms with E-state index in [-0.39, 0.29) is 5.78 Å². The lowest BCUT2D eigenvalue weighted by molar-refractivity contribution is 0.0355. The zero-order valence-electron chi connectivity index (χ0n) is 19.1. The van der Waals surface area contributed by atoms with Crippen LogP contribution in [-0.4, -0.2) is 48.1 Å². The summed E-state index contributed by atoms with van der Waals surface area (Å²) in [6, 6.07) is 26.0. The summed E-state index contributed by atoms with van der Waals surface area (Å²) in [5.74, 6) is 1.89. The highest BCUT2D eigenvalue weighted by Crippen LogP contribution is 2.45. The molecule has 33 heavy (non-hydrogen) atoms. The Morgan fingerprint density at radius 1 is 0.939 bits per heavy atom. The van der Waals surface area contributed by atoms with Gasteiger partial charge >= 0.3 is 0 Å². The molecular weight excluding hydrogens is 410 g/mol. The van der Waals surface area contributed by atoms with Gasteiger partial charge in [-0.15, -0.1) is 0 Å². The number of ketones is 1. The highest BCUT2D eigenvalue weighted by atomic mass is 16.5. The molecule has 5 rings (SSSR count). The molecule has 0 bridgehead atoms. The summed E-state index contributed by atoms with van der Waals surface area (Å²) in [5, 5.41) is 11.2. The molecule has 0 spiro atoms. The molecule has 4 heteroatoms. The van der Waals surface area contributed by atoms with Crippen LogP contribution in [0.4, 0.5) is 0 Å². The number of hydrogen-bond acceptors (Lipinski definition) is 4. The molecule has 2 fully saturated rings. The van der Waals surface area contributed by atoms with E-state index in [0.717, 1.165) is 54.8 Å². The van der Waals surface area contributed by atoms with Gasteiger partial charge in [-0.3, -0.25) is 9.69 Å². The van der Waals surface area contributed by atoms with E-state index in [1.807, 2.05) is 66.7 Å². The maximum atomic E-state index is 13.1. The minimum Gasteiger partial charge on any atom is -0.497 e. The quantitative estimate of drug-likeness (QED) is 0.532. The predicted octanol–water partition coefficient (Wildman–Crippen LogP) is 4.86. The first-order valence-electron chi connectivity index (χ1n) is 11.8. The van der Waals surface area contributed by atoms with Crippen molar-refractivity contribution in [2.45, 2.75) is 24.9 Å². The number of nitrogens with zero attached hydrogens (tertiary/aromatic N) is 1. The Bertz CT molecular complexity index is 1110. The molecule has 3 aromatic rings. The standard InChI is InChI=1S/C29H31NO3/c1-33-27-12-6-10-23(14-27)22-9-5-11-24(13-22)28(31)20-30-18-25-16-29(32,17-26(25)19-30)15-21-7-3-2-4-8-21/h2-14,25-26,32H,15-20H2,1H3/t25-,26+,29-. The fourth-order valence-corrected chi connectivity index (χ4v) is 5.78. The average molecular weight is 442 g/mol. The van der Waals surface area contributed by atoms with Crippen molar-refractivity contribution in [2.75, 3.05) is 26.7 Å². The van der Waals surface area contributed by atoms with Crippen molar-refractivity contribution in [3.05, 3.63) is 90.0 Å². The molecule has 2 aliphatic rings. The number of hydrogen-bond donors (Lipinski definition) is 1. The van der Waals surface area contributed by atoms with E-state index in [4.69, 9.17) is 4.74 Å². The topological polar surface area (TPSA) is 49.8 Å². The molecule has 1 aliphatic heterocycles. The Labute approximate surface area is 195 Å². The third kappa shape index (κ3) is 4.87. The second-order valence-electron chi connectivity index (χ2n) is 9.75. The number of Topliss-reactive ketones (excluding diaryl/α,β-unsaturated/α-hetero) is 1. The van der Waals surface area contributed by atoms with E-state index in [1.165, 1.54) is 5.56 Å². The van der Waals surface area contributed by atoms with Gasteiger partial charge in [-0.25, -0.2) is 0 Å². The number of likely N-dealkylation sites (tertiary alicyclic amines) is 1. The van der Waals surface area contributed by atoms with Gasteiger partial charge in [0.1, 0.15) is 5.75 Å². The smallest absolute Gasteiger partial charge is 0.176 e. The first-order valence-corrected chi connectivity index (χ1v) is 11.8. The molecule has 0 radical (unpaired) electrons. The van der Waals surface area contributed by atoms with Gasteiger partial charge in [0.05, 0.1) is 19.3 Å². The summed E-state index contributed by atoms with van der Waals surface area (Å²) < 4.78 is 5.34. The Morgan fingerprint density at radius 2 is 1.61 bits per heavy atom. The Kier molecular flexibility index (Phi) is 6.05. The Morgan fingerprint density at radius 3 is 2.30 bits per heavy atom. The lowest BCUT2D eigenvalue weighted by Gasteiger charge is -2.26. The van der Waals surface area contributed by atoms with Crippen LogP contribution in [0, 0.1) is 11.8 Å². The summed E-state index contributed by atoms with van der Waals surface area (Å²) in [5.41, 5.74) is 3.38. The molecule has 1 saturated heterocycles. The van der Waals surface area contributed by atoms with Crippen molar-refractivity contribution < 1.29 is 14.6 Å². The first kappa shape index (κ1) is 21.9.